The van der Waals surface area contributed by atoms with Gasteiger partial charge in [0.2, 0.25) is 0 Å². The molecular formula is C21H23N3O2. The van der Waals surface area contributed by atoms with Crippen LogP contribution in [0.25, 0.3) is 0 Å². The number of nitrogens with one attached hydrogen (secondary N) is 1. The van der Waals surface area contributed by atoms with Gasteiger partial charge in [0.1, 0.15) is 0 Å². The van der Waals surface area contributed by atoms with Gasteiger partial charge in [-0.25, -0.2) is 9.79 Å². The summed E-state index contributed by atoms with van der Waals surface area (Å²) in [5, 5.41) is 3.40. The molecule has 5 heteroatoms. The molecule has 1 spiro atoms. The number of esters is 1. The van der Waals surface area contributed by atoms with E-state index in [9.17, 15) is 4.79 Å². The summed E-state index contributed by atoms with van der Waals surface area (Å²) in [5.74, 6) is 0.643. The molecule has 1 atom stereocenters. The van der Waals surface area contributed by atoms with Gasteiger partial charge in [-0.15, -0.1) is 0 Å². The molecule has 134 valence electrons. The predicted molar refractivity (Wildman–Crippen MR) is 102 cm³/mol. The van der Waals surface area contributed by atoms with Gasteiger partial charge in [0.05, 0.1) is 18.7 Å². The highest BCUT2D eigenvalue weighted by Crippen LogP contribution is 2.43. The van der Waals surface area contributed by atoms with Crippen LogP contribution in [0.4, 0.5) is 0 Å². The lowest BCUT2D eigenvalue weighted by atomic mass is 9.92. The van der Waals surface area contributed by atoms with Gasteiger partial charge in [-0.1, -0.05) is 43.9 Å². The first kappa shape index (κ1) is 16.6. The molecule has 3 aliphatic heterocycles. The van der Waals surface area contributed by atoms with Crippen LogP contribution >= 0.6 is 0 Å². The van der Waals surface area contributed by atoms with E-state index in [4.69, 9.17) is 4.74 Å². The summed E-state index contributed by atoms with van der Waals surface area (Å²) >= 11 is 0. The van der Waals surface area contributed by atoms with Crippen molar-refractivity contribution in [2.75, 3.05) is 19.6 Å². The Labute approximate surface area is 153 Å². The Morgan fingerprint density at radius 1 is 1.46 bits per heavy atom. The fraction of sp³-hybridized carbons (Fsp3) is 0.333. The van der Waals surface area contributed by atoms with E-state index < -0.39 is 5.60 Å². The second-order valence-electron chi connectivity index (χ2n) is 6.86. The molecule has 0 radical (unpaired) electrons. The average Bonchev–Trinajstić information content (AvgIpc) is 3.36. The third-order valence-electron chi connectivity index (χ3n) is 5.30. The minimum Gasteiger partial charge on any atom is -0.449 e. The quantitative estimate of drug-likeness (QED) is 0.673. The highest BCUT2D eigenvalue weighted by atomic mass is 16.6. The molecule has 1 aromatic rings. The molecule has 26 heavy (non-hydrogen) atoms. The molecule has 0 saturated carbocycles. The third kappa shape index (κ3) is 2.73. The number of hydrogen-bond acceptors (Lipinski definition) is 5. The number of carbonyl (C=O) groups is 1. The van der Waals surface area contributed by atoms with Crippen LogP contribution in [0.2, 0.25) is 0 Å². The van der Waals surface area contributed by atoms with Crippen LogP contribution in [0.3, 0.4) is 0 Å². The zero-order valence-electron chi connectivity index (χ0n) is 15.0. The van der Waals surface area contributed by atoms with Crippen LogP contribution in [-0.4, -0.2) is 36.5 Å². The number of benzene rings is 1. The minimum absolute atomic E-state index is 0.217. The Kier molecular flexibility index (Phi) is 4.15. The molecule has 3 heterocycles. The number of nitrogens with zero attached hydrogens (tertiary/aromatic N) is 2. The van der Waals surface area contributed by atoms with Crippen molar-refractivity contribution in [2.24, 2.45) is 4.99 Å². The molecule has 1 saturated heterocycles. The van der Waals surface area contributed by atoms with E-state index in [-0.39, 0.29) is 5.97 Å². The van der Waals surface area contributed by atoms with Gasteiger partial charge in [0.25, 0.3) is 0 Å². The van der Waals surface area contributed by atoms with E-state index in [0.717, 1.165) is 36.6 Å². The van der Waals surface area contributed by atoms with Crippen LogP contribution in [-0.2, 0) is 10.3 Å². The molecule has 1 N–H and O–H groups in total. The van der Waals surface area contributed by atoms with E-state index in [1.165, 1.54) is 5.57 Å². The van der Waals surface area contributed by atoms with Crippen molar-refractivity contribution in [2.45, 2.75) is 25.4 Å². The van der Waals surface area contributed by atoms with Gasteiger partial charge in [0.15, 0.2) is 11.6 Å². The zero-order valence-corrected chi connectivity index (χ0v) is 15.0. The standard InChI is InChI=1S/C21H23N3O2/c1-3-15(4-2)9-10-16-13-22-20(23-16)24-12-11-21(14-24)18-8-6-5-7-17(18)19(25)26-21/h3,5-10H,1,4,11-14H2,2H3,(H,22,23)/b15-9+,16-10+. The monoisotopic (exact) mass is 349 g/mol. The van der Waals surface area contributed by atoms with Crippen molar-refractivity contribution < 1.29 is 9.53 Å². The molecule has 3 aliphatic rings. The number of hydrogen-bond donors (Lipinski definition) is 1. The maximum absolute atomic E-state index is 12.2. The van der Waals surface area contributed by atoms with E-state index in [1.807, 2.05) is 30.3 Å². The van der Waals surface area contributed by atoms with E-state index in [2.05, 4.69) is 40.9 Å². The Bertz CT molecular complexity index is 853. The first-order valence-electron chi connectivity index (χ1n) is 9.06. The normalized spacial score (nSPS) is 26.1. The Hall–Kier alpha value is -2.82. The Balaban J connectivity index is 1.48. The zero-order chi connectivity index (χ0) is 18.1. The second-order valence-corrected chi connectivity index (χ2v) is 6.86. The fourth-order valence-corrected chi connectivity index (χ4v) is 3.81. The van der Waals surface area contributed by atoms with Gasteiger partial charge in [-0.3, -0.25) is 0 Å². The largest absolute Gasteiger partial charge is 0.449 e. The van der Waals surface area contributed by atoms with Gasteiger partial charge in [-0.05, 0) is 24.1 Å². The number of rotatable bonds is 3. The van der Waals surface area contributed by atoms with E-state index >= 15 is 0 Å². The summed E-state index contributed by atoms with van der Waals surface area (Å²) in [7, 11) is 0. The summed E-state index contributed by atoms with van der Waals surface area (Å²) in [5.41, 5.74) is 3.42. The lowest BCUT2D eigenvalue weighted by Crippen LogP contribution is -2.39. The highest BCUT2D eigenvalue weighted by Gasteiger charge is 2.50. The summed E-state index contributed by atoms with van der Waals surface area (Å²) in [4.78, 5) is 19.0. The fourth-order valence-electron chi connectivity index (χ4n) is 3.81. The topological polar surface area (TPSA) is 53.9 Å². The first-order valence-corrected chi connectivity index (χ1v) is 9.06. The predicted octanol–water partition coefficient (Wildman–Crippen LogP) is 3.12. The molecule has 0 amide bonds. The average molecular weight is 349 g/mol. The van der Waals surface area contributed by atoms with Crippen molar-refractivity contribution in [1.82, 2.24) is 10.2 Å². The van der Waals surface area contributed by atoms with Crippen LogP contribution < -0.4 is 5.32 Å². The van der Waals surface area contributed by atoms with Crippen molar-refractivity contribution in [3.8, 4) is 0 Å². The molecule has 0 aromatic heterocycles. The van der Waals surface area contributed by atoms with Crippen LogP contribution in [0.15, 0.2) is 65.3 Å². The molecule has 4 rings (SSSR count). The number of likely N-dealkylation sites (tertiary alicyclic amines) is 1. The van der Waals surface area contributed by atoms with Crippen LogP contribution in [0.5, 0.6) is 0 Å². The summed E-state index contributed by atoms with van der Waals surface area (Å²) in [6, 6.07) is 7.70. The Morgan fingerprint density at radius 2 is 2.31 bits per heavy atom. The van der Waals surface area contributed by atoms with E-state index in [0.29, 0.717) is 18.7 Å². The maximum atomic E-state index is 12.2. The number of guanidine groups is 1. The molecule has 0 aliphatic carbocycles. The molecule has 5 nitrogen and oxygen atoms in total. The van der Waals surface area contributed by atoms with E-state index in [1.54, 1.807) is 0 Å². The molecule has 0 bridgehead atoms. The van der Waals surface area contributed by atoms with Crippen molar-refractivity contribution in [1.29, 1.82) is 0 Å². The SMILES string of the molecule is C=C/C(=C\C=C1/CN=C(N2CCC3(C2)OC(=O)c2ccccc23)N1)CC. The first-order chi connectivity index (χ1) is 12.6. The Morgan fingerprint density at radius 3 is 3.12 bits per heavy atom. The molecular weight excluding hydrogens is 326 g/mol. The van der Waals surface area contributed by atoms with Gasteiger partial charge >= 0.3 is 5.97 Å². The second kappa shape index (κ2) is 6.48. The highest BCUT2D eigenvalue weighted by molar-refractivity contribution is 5.95. The molecule has 1 fully saturated rings. The van der Waals surface area contributed by atoms with Crippen molar-refractivity contribution in [3.05, 3.63) is 71.5 Å². The van der Waals surface area contributed by atoms with Crippen LogP contribution in [0, 0.1) is 0 Å². The number of carbonyl (C=O) groups excluding carboxylic acids is 1. The van der Waals surface area contributed by atoms with Crippen molar-refractivity contribution in [3.63, 3.8) is 0 Å². The lowest BCUT2D eigenvalue weighted by Gasteiger charge is -2.24. The van der Waals surface area contributed by atoms with Gasteiger partial charge in [0, 0.05) is 24.2 Å². The van der Waals surface area contributed by atoms with Crippen LogP contribution in [0.1, 0.15) is 35.7 Å². The lowest BCUT2D eigenvalue weighted by molar-refractivity contribution is -0.00105. The van der Waals surface area contributed by atoms with Gasteiger partial charge in [-0.2, -0.15) is 0 Å². The number of ether oxygens (including phenoxy) is 1. The number of allylic oxidation sites excluding steroid dienone is 4. The summed E-state index contributed by atoms with van der Waals surface area (Å²) in [6.45, 7) is 8.02. The smallest absolute Gasteiger partial charge is 0.339 e. The number of aliphatic imine (C=N–C) groups is 1. The summed E-state index contributed by atoms with van der Waals surface area (Å²) in [6.07, 6.45) is 7.76. The number of fused-ring (bicyclic) bond motifs is 2. The minimum atomic E-state index is -0.539. The molecule has 1 aromatic carbocycles. The van der Waals surface area contributed by atoms with Crippen molar-refractivity contribution >= 4 is 11.9 Å². The molecule has 1 unspecified atom stereocenters. The third-order valence-corrected chi connectivity index (χ3v) is 5.30. The maximum Gasteiger partial charge on any atom is 0.339 e. The summed E-state index contributed by atoms with van der Waals surface area (Å²) < 4.78 is 5.81. The van der Waals surface area contributed by atoms with Gasteiger partial charge < -0.3 is 15.0 Å².